The number of piperidine rings is 1. The number of aryl methyl sites for hydroxylation is 3. The number of carbonyl (C=O) groups is 1. The van der Waals surface area contributed by atoms with Crippen LogP contribution in [-0.2, 0) is 7.05 Å². The summed E-state index contributed by atoms with van der Waals surface area (Å²) in [4.78, 5) is 19.7. The molecule has 0 aliphatic carbocycles. The van der Waals surface area contributed by atoms with E-state index in [0.717, 1.165) is 47.6 Å². The van der Waals surface area contributed by atoms with E-state index in [4.69, 9.17) is 4.42 Å². The first-order valence-corrected chi connectivity index (χ1v) is 9.10. The second kappa shape index (κ2) is 6.27. The van der Waals surface area contributed by atoms with Crippen molar-refractivity contribution in [1.29, 1.82) is 0 Å². The molecule has 26 heavy (non-hydrogen) atoms. The molecule has 2 atom stereocenters. The lowest BCUT2D eigenvalue weighted by molar-refractivity contribution is 0.0519. The SMILES string of the molecule is Cc1ccc(C2CC(C)CCN2C(=O)c2cnc3c(c2)c(C)nn3C)o1. The van der Waals surface area contributed by atoms with Crippen LogP contribution in [-0.4, -0.2) is 32.1 Å². The summed E-state index contributed by atoms with van der Waals surface area (Å²) < 4.78 is 7.60. The van der Waals surface area contributed by atoms with Gasteiger partial charge in [0, 0.05) is 25.2 Å². The van der Waals surface area contributed by atoms with Gasteiger partial charge in [0.2, 0.25) is 0 Å². The van der Waals surface area contributed by atoms with Crippen LogP contribution >= 0.6 is 0 Å². The molecule has 0 radical (unpaired) electrons. The third-order valence-electron chi connectivity index (χ3n) is 5.33. The maximum atomic E-state index is 13.3. The lowest BCUT2D eigenvalue weighted by Gasteiger charge is -2.37. The van der Waals surface area contributed by atoms with Gasteiger partial charge in [-0.05, 0) is 50.8 Å². The van der Waals surface area contributed by atoms with E-state index in [9.17, 15) is 4.79 Å². The summed E-state index contributed by atoms with van der Waals surface area (Å²) in [6, 6.07) is 5.84. The quantitative estimate of drug-likeness (QED) is 0.704. The summed E-state index contributed by atoms with van der Waals surface area (Å²) >= 11 is 0. The zero-order chi connectivity index (χ0) is 18.4. The van der Waals surface area contributed by atoms with E-state index in [1.54, 1.807) is 10.9 Å². The number of carbonyl (C=O) groups excluding carboxylic acids is 1. The van der Waals surface area contributed by atoms with Crippen LogP contribution in [0.25, 0.3) is 11.0 Å². The van der Waals surface area contributed by atoms with Crippen molar-refractivity contribution in [2.75, 3.05) is 6.54 Å². The van der Waals surface area contributed by atoms with Crippen LogP contribution in [0.1, 0.15) is 53.4 Å². The number of nitrogens with zero attached hydrogens (tertiary/aromatic N) is 4. The molecule has 3 aromatic heterocycles. The maximum Gasteiger partial charge on any atom is 0.256 e. The van der Waals surface area contributed by atoms with E-state index in [2.05, 4.69) is 17.0 Å². The molecule has 1 saturated heterocycles. The van der Waals surface area contributed by atoms with Crippen LogP contribution in [0.3, 0.4) is 0 Å². The highest BCUT2D eigenvalue weighted by Crippen LogP contribution is 2.36. The van der Waals surface area contributed by atoms with Gasteiger partial charge in [-0.1, -0.05) is 6.92 Å². The number of amides is 1. The minimum absolute atomic E-state index is 0.00797. The van der Waals surface area contributed by atoms with Crippen molar-refractivity contribution in [3.8, 4) is 0 Å². The number of hydrogen-bond acceptors (Lipinski definition) is 4. The van der Waals surface area contributed by atoms with Crippen molar-refractivity contribution in [2.24, 2.45) is 13.0 Å². The Morgan fingerprint density at radius 2 is 2.12 bits per heavy atom. The fourth-order valence-electron chi connectivity index (χ4n) is 3.88. The van der Waals surface area contributed by atoms with Gasteiger partial charge in [-0.3, -0.25) is 9.48 Å². The number of rotatable bonds is 2. The fourth-order valence-corrected chi connectivity index (χ4v) is 3.88. The molecule has 0 aromatic carbocycles. The van der Waals surface area contributed by atoms with Crippen molar-refractivity contribution in [1.82, 2.24) is 19.7 Å². The molecular weight excluding hydrogens is 328 g/mol. The molecule has 1 aliphatic rings. The molecule has 0 spiro atoms. The normalized spacial score (nSPS) is 20.7. The number of likely N-dealkylation sites (tertiary alicyclic amines) is 1. The summed E-state index contributed by atoms with van der Waals surface area (Å²) in [6.07, 6.45) is 3.58. The van der Waals surface area contributed by atoms with Crippen molar-refractivity contribution >= 4 is 16.9 Å². The lowest BCUT2D eigenvalue weighted by Crippen LogP contribution is -2.40. The van der Waals surface area contributed by atoms with Gasteiger partial charge in [-0.15, -0.1) is 0 Å². The topological polar surface area (TPSA) is 64.2 Å². The van der Waals surface area contributed by atoms with E-state index >= 15 is 0 Å². The number of furan rings is 1. The van der Waals surface area contributed by atoms with Crippen molar-refractivity contribution in [2.45, 2.75) is 39.7 Å². The van der Waals surface area contributed by atoms with Gasteiger partial charge in [0.15, 0.2) is 5.65 Å². The molecule has 4 rings (SSSR count). The van der Waals surface area contributed by atoms with E-state index < -0.39 is 0 Å². The highest BCUT2D eigenvalue weighted by Gasteiger charge is 2.33. The van der Waals surface area contributed by atoms with E-state index in [0.29, 0.717) is 11.5 Å². The molecule has 136 valence electrons. The molecule has 0 saturated carbocycles. The lowest BCUT2D eigenvalue weighted by atomic mass is 9.90. The Bertz CT molecular complexity index is 972. The standard InChI is InChI=1S/C20H24N4O2/c1-12-7-8-24(17(9-12)18-6-5-13(2)26-18)20(25)15-10-16-14(3)22-23(4)19(16)21-11-15/h5-6,10-12,17H,7-9H2,1-4H3. The summed E-state index contributed by atoms with van der Waals surface area (Å²) in [5, 5.41) is 5.32. The van der Waals surface area contributed by atoms with Crippen molar-refractivity contribution < 1.29 is 9.21 Å². The molecule has 2 unspecified atom stereocenters. The van der Waals surface area contributed by atoms with Gasteiger partial charge in [0.25, 0.3) is 5.91 Å². The number of aromatic nitrogens is 3. The summed E-state index contributed by atoms with van der Waals surface area (Å²) in [7, 11) is 1.87. The summed E-state index contributed by atoms with van der Waals surface area (Å²) in [5.41, 5.74) is 2.29. The second-order valence-electron chi connectivity index (χ2n) is 7.40. The molecule has 0 bridgehead atoms. The minimum atomic E-state index is -0.0226. The molecular formula is C20H24N4O2. The summed E-state index contributed by atoms with van der Waals surface area (Å²) in [6.45, 7) is 6.84. The van der Waals surface area contributed by atoms with Crippen LogP contribution in [0.4, 0.5) is 0 Å². The third-order valence-corrected chi connectivity index (χ3v) is 5.33. The third kappa shape index (κ3) is 2.79. The van der Waals surface area contributed by atoms with Crippen LogP contribution in [0.15, 0.2) is 28.8 Å². The van der Waals surface area contributed by atoms with Crippen LogP contribution in [0.5, 0.6) is 0 Å². The smallest absolute Gasteiger partial charge is 0.256 e. The Hall–Kier alpha value is -2.63. The molecule has 1 fully saturated rings. The average Bonchev–Trinajstić information content (AvgIpc) is 3.18. The van der Waals surface area contributed by atoms with Crippen LogP contribution in [0.2, 0.25) is 0 Å². The largest absolute Gasteiger partial charge is 0.464 e. The zero-order valence-electron chi connectivity index (χ0n) is 15.7. The Kier molecular flexibility index (Phi) is 4.05. The van der Waals surface area contributed by atoms with Gasteiger partial charge in [0.1, 0.15) is 11.5 Å². The van der Waals surface area contributed by atoms with Gasteiger partial charge >= 0.3 is 0 Å². The van der Waals surface area contributed by atoms with Crippen molar-refractivity contribution in [3.05, 3.63) is 47.2 Å². The molecule has 0 N–H and O–H groups in total. The predicted octanol–water partition coefficient (Wildman–Crippen LogP) is 3.79. The van der Waals surface area contributed by atoms with E-state index in [-0.39, 0.29) is 11.9 Å². The van der Waals surface area contributed by atoms with Crippen LogP contribution < -0.4 is 0 Å². The fraction of sp³-hybridized carbons (Fsp3) is 0.450. The highest BCUT2D eigenvalue weighted by atomic mass is 16.3. The van der Waals surface area contributed by atoms with E-state index in [1.807, 2.05) is 44.0 Å². The molecule has 6 nitrogen and oxygen atoms in total. The Balaban J connectivity index is 1.70. The highest BCUT2D eigenvalue weighted by molar-refractivity contribution is 5.97. The Morgan fingerprint density at radius 1 is 1.31 bits per heavy atom. The molecule has 3 aromatic rings. The predicted molar refractivity (Wildman–Crippen MR) is 98.9 cm³/mol. The number of hydrogen-bond donors (Lipinski definition) is 0. The first-order valence-electron chi connectivity index (χ1n) is 9.10. The first kappa shape index (κ1) is 16.8. The molecule has 6 heteroatoms. The average molecular weight is 352 g/mol. The van der Waals surface area contributed by atoms with Gasteiger partial charge in [-0.2, -0.15) is 5.10 Å². The van der Waals surface area contributed by atoms with Crippen molar-refractivity contribution in [3.63, 3.8) is 0 Å². The zero-order valence-corrected chi connectivity index (χ0v) is 15.7. The minimum Gasteiger partial charge on any atom is -0.464 e. The Morgan fingerprint density at radius 3 is 2.85 bits per heavy atom. The number of fused-ring (bicyclic) bond motifs is 1. The first-order chi connectivity index (χ1) is 12.4. The van der Waals surface area contributed by atoms with Gasteiger partial charge in [0.05, 0.1) is 17.3 Å². The number of pyridine rings is 1. The monoisotopic (exact) mass is 352 g/mol. The van der Waals surface area contributed by atoms with Gasteiger partial charge in [-0.25, -0.2) is 4.98 Å². The molecule has 1 aliphatic heterocycles. The molecule has 4 heterocycles. The Labute approximate surface area is 152 Å². The summed E-state index contributed by atoms with van der Waals surface area (Å²) in [5.74, 6) is 2.32. The molecule has 1 amide bonds. The van der Waals surface area contributed by atoms with E-state index in [1.165, 1.54) is 0 Å². The second-order valence-corrected chi connectivity index (χ2v) is 7.40. The van der Waals surface area contributed by atoms with Gasteiger partial charge < -0.3 is 9.32 Å². The van der Waals surface area contributed by atoms with Crippen LogP contribution in [0, 0.1) is 19.8 Å². The maximum absolute atomic E-state index is 13.3.